The van der Waals surface area contributed by atoms with E-state index in [1.807, 2.05) is 4.90 Å². The van der Waals surface area contributed by atoms with Gasteiger partial charge in [0.15, 0.2) is 0 Å². The third-order valence-corrected chi connectivity index (χ3v) is 4.16. The van der Waals surface area contributed by atoms with Crippen molar-refractivity contribution in [1.29, 1.82) is 0 Å². The maximum absolute atomic E-state index is 12.2. The van der Waals surface area contributed by atoms with Gasteiger partial charge in [-0.1, -0.05) is 12.1 Å². The molecule has 1 aliphatic heterocycles. The highest BCUT2D eigenvalue weighted by Crippen LogP contribution is 2.32. The van der Waals surface area contributed by atoms with Crippen molar-refractivity contribution in [1.82, 2.24) is 4.90 Å². The van der Waals surface area contributed by atoms with Crippen LogP contribution in [0.2, 0.25) is 0 Å². The molecule has 1 atom stereocenters. The number of aliphatic hydroxyl groups is 1. The van der Waals surface area contributed by atoms with Gasteiger partial charge in [-0.05, 0) is 36.5 Å². The highest BCUT2D eigenvalue weighted by molar-refractivity contribution is 5.97. The van der Waals surface area contributed by atoms with Crippen LogP contribution in [0, 0.1) is 11.8 Å². The number of aliphatic hydroxyl groups excluding tert-OH is 1. The molecule has 1 aromatic carbocycles. The molecule has 0 bridgehead atoms. The Bertz CT molecular complexity index is 537. The standard InChI is InChI=1S/C16H20N2O3/c19-10-12-3-5-14(6-4-12)17-16(21)13-7-15(20)18(9-13)8-11-1-2-11/h3-6,11,13,19H,1-2,7-10H2,(H,17,21). The Morgan fingerprint density at radius 3 is 2.62 bits per heavy atom. The molecule has 0 spiro atoms. The highest BCUT2D eigenvalue weighted by Gasteiger charge is 2.37. The number of likely N-dealkylation sites (tertiary alicyclic amines) is 1. The topological polar surface area (TPSA) is 69.6 Å². The van der Waals surface area contributed by atoms with E-state index in [4.69, 9.17) is 5.11 Å². The normalized spacial score (nSPS) is 21.7. The van der Waals surface area contributed by atoms with Gasteiger partial charge in [0.2, 0.25) is 11.8 Å². The summed E-state index contributed by atoms with van der Waals surface area (Å²) in [7, 11) is 0. The Labute approximate surface area is 123 Å². The monoisotopic (exact) mass is 288 g/mol. The number of carbonyl (C=O) groups is 2. The predicted molar refractivity (Wildman–Crippen MR) is 78.4 cm³/mol. The second-order valence-electron chi connectivity index (χ2n) is 5.99. The summed E-state index contributed by atoms with van der Waals surface area (Å²) in [6, 6.07) is 7.08. The molecule has 0 aromatic heterocycles. The minimum absolute atomic E-state index is 0.0124. The zero-order chi connectivity index (χ0) is 14.8. The number of hydrogen-bond donors (Lipinski definition) is 2. The minimum atomic E-state index is -0.256. The maximum atomic E-state index is 12.2. The summed E-state index contributed by atoms with van der Waals surface area (Å²) in [4.78, 5) is 26.0. The van der Waals surface area contributed by atoms with Crippen molar-refractivity contribution in [3.05, 3.63) is 29.8 Å². The van der Waals surface area contributed by atoms with Crippen molar-refractivity contribution < 1.29 is 14.7 Å². The van der Waals surface area contributed by atoms with Crippen molar-refractivity contribution in [2.75, 3.05) is 18.4 Å². The zero-order valence-corrected chi connectivity index (χ0v) is 11.9. The Kier molecular flexibility index (Phi) is 3.92. The lowest BCUT2D eigenvalue weighted by molar-refractivity contribution is -0.128. The Morgan fingerprint density at radius 2 is 2.00 bits per heavy atom. The number of nitrogens with one attached hydrogen (secondary N) is 1. The van der Waals surface area contributed by atoms with E-state index in [1.165, 1.54) is 12.8 Å². The molecule has 21 heavy (non-hydrogen) atoms. The first kappa shape index (κ1) is 14.1. The molecule has 1 heterocycles. The minimum Gasteiger partial charge on any atom is -0.392 e. The van der Waals surface area contributed by atoms with Crippen LogP contribution >= 0.6 is 0 Å². The van der Waals surface area contributed by atoms with E-state index in [9.17, 15) is 9.59 Å². The van der Waals surface area contributed by atoms with Crippen LogP contribution in [-0.4, -0.2) is 34.9 Å². The van der Waals surface area contributed by atoms with Crippen LogP contribution in [0.15, 0.2) is 24.3 Å². The molecular formula is C16H20N2O3. The molecule has 5 nitrogen and oxygen atoms in total. The predicted octanol–water partition coefficient (Wildman–Crippen LogP) is 1.38. The lowest BCUT2D eigenvalue weighted by atomic mass is 10.1. The molecule has 0 radical (unpaired) electrons. The van der Waals surface area contributed by atoms with Gasteiger partial charge in [-0.3, -0.25) is 9.59 Å². The van der Waals surface area contributed by atoms with Crippen LogP contribution in [-0.2, 0) is 16.2 Å². The third kappa shape index (κ3) is 3.42. The fraction of sp³-hybridized carbons (Fsp3) is 0.500. The lowest BCUT2D eigenvalue weighted by Crippen LogP contribution is -2.29. The van der Waals surface area contributed by atoms with Crippen molar-refractivity contribution in [2.24, 2.45) is 11.8 Å². The number of amides is 2. The molecule has 1 aliphatic carbocycles. The molecule has 1 unspecified atom stereocenters. The molecule has 1 saturated carbocycles. The largest absolute Gasteiger partial charge is 0.392 e. The van der Waals surface area contributed by atoms with Crippen molar-refractivity contribution in [3.8, 4) is 0 Å². The third-order valence-electron chi connectivity index (χ3n) is 4.16. The molecule has 2 fully saturated rings. The van der Waals surface area contributed by atoms with Crippen LogP contribution in [0.3, 0.4) is 0 Å². The van der Waals surface area contributed by atoms with Crippen LogP contribution in [0.25, 0.3) is 0 Å². The Morgan fingerprint density at radius 1 is 1.29 bits per heavy atom. The van der Waals surface area contributed by atoms with Crippen molar-refractivity contribution >= 4 is 17.5 Å². The Balaban J connectivity index is 1.56. The summed E-state index contributed by atoms with van der Waals surface area (Å²) in [5.74, 6) is 0.395. The molecule has 3 rings (SSSR count). The van der Waals surface area contributed by atoms with Crippen molar-refractivity contribution in [3.63, 3.8) is 0 Å². The van der Waals surface area contributed by atoms with Crippen LogP contribution < -0.4 is 5.32 Å². The van der Waals surface area contributed by atoms with Crippen LogP contribution in [0.5, 0.6) is 0 Å². The van der Waals surface area contributed by atoms with E-state index in [2.05, 4.69) is 5.32 Å². The van der Waals surface area contributed by atoms with Gasteiger partial charge < -0.3 is 15.3 Å². The SMILES string of the molecule is O=C(Nc1ccc(CO)cc1)C1CC(=O)N(CC2CC2)C1. The van der Waals surface area contributed by atoms with E-state index in [1.54, 1.807) is 24.3 Å². The molecule has 2 amide bonds. The van der Waals surface area contributed by atoms with Gasteiger partial charge in [-0.25, -0.2) is 0 Å². The molecule has 112 valence electrons. The smallest absolute Gasteiger partial charge is 0.229 e. The summed E-state index contributed by atoms with van der Waals surface area (Å²) < 4.78 is 0. The summed E-state index contributed by atoms with van der Waals surface area (Å²) in [5, 5.41) is 11.8. The van der Waals surface area contributed by atoms with Gasteiger partial charge in [-0.15, -0.1) is 0 Å². The van der Waals surface area contributed by atoms with E-state index < -0.39 is 0 Å². The summed E-state index contributed by atoms with van der Waals surface area (Å²) in [5.41, 5.74) is 1.50. The number of rotatable bonds is 5. The number of carbonyl (C=O) groups excluding carboxylic acids is 2. The number of hydrogen-bond acceptors (Lipinski definition) is 3. The zero-order valence-electron chi connectivity index (χ0n) is 11.9. The highest BCUT2D eigenvalue weighted by atomic mass is 16.3. The van der Waals surface area contributed by atoms with Gasteiger partial charge >= 0.3 is 0 Å². The van der Waals surface area contributed by atoms with Gasteiger partial charge in [0.05, 0.1) is 12.5 Å². The second-order valence-corrected chi connectivity index (χ2v) is 5.99. The fourth-order valence-electron chi connectivity index (χ4n) is 2.67. The van der Waals surface area contributed by atoms with Crippen LogP contribution in [0.4, 0.5) is 5.69 Å². The average molecular weight is 288 g/mol. The molecule has 1 aromatic rings. The van der Waals surface area contributed by atoms with Gasteiger partial charge in [0.1, 0.15) is 0 Å². The molecule has 1 saturated heterocycles. The summed E-state index contributed by atoms with van der Waals surface area (Å²) >= 11 is 0. The van der Waals surface area contributed by atoms with Gasteiger partial charge in [0, 0.05) is 25.2 Å². The first-order chi connectivity index (χ1) is 10.2. The Hall–Kier alpha value is -1.88. The average Bonchev–Trinajstić information content (AvgIpc) is 3.23. The lowest BCUT2D eigenvalue weighted by Gasteiger charge is -2.16. The quantitative estimate of drug-likeness (QED) is 0.860. The number of nitrogens with zero attached hydrogens (tertiary/aromatic N) is 1. The first-order valence-electron chi connectivity index (χ1n) is 7.44. The van der Waals surface area contributed by atoms with E-state index in [-0.39, 0.29) is 24.3 Å². The summed E-state index contributed by atoms with van der Waals surface area (Å²) in [6.45, 7) is 1.34. The van der Waals surface area contributed by atoms with E-state index >= 15 is 0 Å². The van der Waals surface area contributed by atoms with Gasteiger partial charge in [-0.2, -0.15) is 0 Å². The van der Waals surface area contributed by atoms with Crippen molar-refractivity contribution in [2.45, 2.75) is 25.9 Å². The molecule has 5 heteroatoms. The molecule has 2 N–H and O–H groups in total. The maximum Gasteiger partial charge on any atom is 0.229 e. The number of benzene rings is 1. The second kappa shape index (κ2) is 5.85. The molecular weight excluding hydrogens is 268 g/mol. The molecule has 2 aliphatic rings. The summed E-state index contributed by atoms with van der Waals surface area (Å²) in [6.07, 6.45) is 2.73. The van der Waals surface area contributed by atoms with E-state index in [0.29, 0.717) is 24.6 Å². The number of anilines is 1. The van der Waals surface area contributed by atoms with Crippen LogP contribution in [0.1, 0.15) is 24.8 Å². The fourth-order valence-corrected chi connectivity index (χ4v) is 2.67. The van der Waals surface area contributed by atoms with Gasteiger partial charge in [0.25, 0.3) is 0 Å². The van der Waals surface area contributed by atoms with E-state index in [0.717, 1.165) is 12.1 Å². The first-order valence-corrected chi connectivity index (χ1v) is 7.44.